The Kier molecular flexibility index (Phi) is 6.04. The maximum Gasteiger partial charge on any atom is 0.324 e. The van der Waals surface area contributed by atoms with Crippen LogP contribution in [0.2, 0.25) is 0 Å². The molecule has 0 rings (SSSR count). The number of carbonyl (C=O) groups is 3. The van der Waals surface area contributed by atoms with E-state index in [9.17, 15) is 14.4 Å². The molecule has 0 spiro atoms. The summed E-state index contributed by atoms with van der Waals surface area (Å²) in [6.07, 6.45) is -0.352. The number of ether oxygens (including phenoxy) is 1. The largest absolute Gasteiger partial charge is 0.480 e. The zero-order valence-electron chi connectivity index (χ0n) is 8.59. The molecule has 8 nitrogen and oxygen atoms in total. The second-order valence-electron chi connectivity index (χ2n) is 3.26. The summed E-state index contributed by atoms with van der Waals surface area (Å²) in [5, 5.41) is 8.39. The zero-order chi connectivity index (χ0) is 12.7. The Morgan fingerprint density at radius 2 is 1.75 bits per heavy atom. The van der Waals surface area contributed by atoms with Crippen LogP contribution in [0.5, 0.6) is 0 Å². The second-order valence-corrected chi connectivity index (χ2v) is 3.26. The van der Waals surface area contributed by atoms with E-state index in [1.165, 1.54) is 0 Å². The SMILES string of the molecule is NC(=O)C[C@@H](N)CC(=O)OC[C@H](N)C(=O)O. The van der Waals surface area contributed by atoms with Crippen LogP contribution in [0.15, 0.2) is 0 Å². The third-order valence-corrected chi connectivity index (χ3v) is 1.63. The summed E-state index contributed by atoms with van der Waals surface area (Å²) in [6.45, 7) is -0.433. The van der Waals surface area contributed by atoms with Gasteiger partial charge in [-0.1, -0.05) is 0 Å². The number of carboxylic acid groups (broad SMARTS) is 1. The molecule has 0 aliphatic rings. The molecule has 0 aromatic rings. The van der Waals surface area contributed by atoms with Crippen LogP contribution in [-0.2, 0) is 19.1 Å². The average molecular weight is 233 g/mol. The van der Waals surface area contributed by atoms with E-state index in [1.807, 2.05) is 0 Å². The van der Waals surface area contributed by atoms with Gasteiger partial charge in [-0.3, -0.25) is 14.4 Å². The first-order valence-corrected chi connectivity index (χ1v) is 4.50. The number of esters is 1. The van der Waals surface area contributed by atoms with Gasteiger partial charge in [-0.2, -0.15) is 0 Å². The van der Waals surface area contributed by atoms with Gasteiger partial charge in [0.2, 0.25) is 5.91 Å². The van der Waals surface area contributed by atoms with E-state index in [4.69, 9.17) is 22.3 Å². The smallest absolute Gasteiger partial charge is 0.324 e. The highest BCUT2D eigenvalue weighted by Gasteiger charge is 2.17. The summed E-state index contributed by atoms with van der Waals surface area (Å²) in [5.74, 6) is -2.61. The maximum atomic E-state index is 11.1. The fraction of sp³-hybridized carbons (Fsp3) is 0.625. The molecule has 0 saturated carbocycles. The van der Waals surface area contributed by atoms with Gasteiger partial charge in [-0.25, -0.2) is 0 Å². The number of hydrogen-bond donors (Lipinski definition) is 4. The first-order chi connectivity index (χ1) is 7.32. The van der Waals surface area contributed by atoms with E-state index in [0.717, 1.165) is 0 Å². The number of hydrogen-bond acceptors (Lipinski definition) is 6. The Morgan fingerprint density at radius 1 is 1.19 bits per heavy atom. The van der Waals surface area contributed by atoms with Gasteiger partial charge in [-0.15, -0.1) is 0 Å². The van der Waals surface area contributed by atoms with Crippen molar-refractivity contribution >= 4 is 17.8 Å². The van der Waals surface area contributed by atoms with Crippen molar-refractivity contribution in [1.82, 2.24) is 0 Å². The lowest BCUT2D eigenvalue weighted by Crippen LogP contribution is -2.37. The van der Waals surface area contributed by atoms with E-state index in [1.54, 1.807) is 0 Å². The fourth-order valence-corrected chi connectivity index (χ4v) is 0.858. The van der Waals surface area contributed by atoms with Gasteiger partial charge < -0.3 is 27.0 Å². The Hall–Kier alpha value is -1.67. The van der Waals surface area contributed by atoms with Crippen molar-refractivity contribution in [2.75, 3.05) is 6.61 Å². The molecule has 1 amide bonds. The zero-order valence-corrected chi connectivity index (χ0v) is 8.59. The predicted molar refractivity (Wildman–Crippen MR) is 53.0 cm³/mol. The van der Waals surface area contributed by atoms with Gasteiger partial charge in [0.1, 0.15) is 12.6 Å². The highest BCUT2D eigenvalue weighted by molar-refractivity contribution is 5.77. The number of nitrogens with two attached hydrogens (primary N) is 3. The molecular weight excluding hydrogens is 218 g/mol. The van der Waals surface area contributed by atoms with Crippen LogP contribution >= 0.6 is 0 Å². The van der Waals surface area contributed by atoms with Crippen LogP contribution in [0, 0.1) is 0 Å². The van der Waals surface area contributed by atoms with Crippen molar-refractivity contribution < 1.29 is 24.2 Å². The number of amides is 1. The van der Waals surface area contributed by atoms with Gasteiger partial charge in [0.25, 0.3) is 0 Å². The molecule has 0 aliphatic heterocycles. The third-order valence-electron chi connectivity index (χ3n) is 1.63. The average Bonchev–Trinajstić information content (AvgIpc) is 2.12. The molecule has 0 saturated heterocycles. The molecule has 92 valence electrons. The Bertz CT molecular complexity index is 281. The molecule has 8 heteroatoms. The number of carboxylic acids is 1. The van der Waals surface area contributed by atoms with Crippen molar-refractivity contribution in [2.45, 2.75) is 24.9 Å². The Balaban J connectivity index is 3.82. The van der Waals surface area contributed by atoms with Crippen molar-refractivity contribution in [1.29, 1.82) is 0 Å². The molecule has 0 heterocycles. The third kappa shape index (κ3) is 6.74. The van der Waals surface area contributed by atoms with E-state index in [0.29, 0.717) is 0 Å². The van der Waals surface area contributed by atoms with Crippen molar-refractivity contribution in [2.24, 2.45) is 17.2 Å². The molecule has 0 bridgehead atoms. The van der Waals surface area contributed by atoms with Crippen LogP contribution in [0.4, 0.5) is 0 Å². The summed E-state index contributed by atoms with van der Waals surface area (Å²) in [7, 11) is 0. The molecule has 2 atom stereocenters. The Labute approximate surface area is 91.7 Å². The first-order valence-electron chi connectivity index (χ1n) is 4.50. The fourth-order valence-electron chi connectivity index (χ4n) is 0.858. The molecule has 0 radical (unpaired) electrons. The quantitative estimate of drug-likeness (QED) is 0.354. The Morgan fingerprint density at radius 3 is 2.19 bits per heavy atom. The highest BCUT2D eigenvalue weighted by Crippen LogP contribution is 1.97. The van der Waals surface area contributed by atoms with Crippen LogP contribution in [-0.4, -0.2) is 41.6 Å². The normalized spacial score (nSPS) is 13.9. The van der Waals surface area contributed by atoms with E-state index >= 15 is 0 Å². The number of carbonyl (C=O) groups excluding carboxylic acids is 2. The van der Waals surface area contributed by atoms with Gasteiger partial charge in [-0.05, 0) is 0 Å². The summed E-state index contributed by atoms with van der Waals surface area (Å²) >= 11 is 0. The standard InChI is InChI=1S/C8H15N3O5/c9-4(1-6(11)12)2-7(13)16-3-5(10)8(14)15/h4-5H,1-3,9-10H2,(H2,11,12)(H,14,15)/t4-,5+/m1/s1. The molecule has 0 unspecified atom stereocenters. The van der Waals surface area contributed by atoms with Gasteiger partial charge in [0, 0.05) is 12.5 Å². The molecule has 16 heavy (non-hydrogen) atoms. The molecule has 0 aliphatic carbocycles. The highest BCUT2D eigenvalue weighted by atomic mass is 16.5. The van der Waals surface area contributed by atoms with Gasteiger partial charge in [0.05, 0.1) is 6.42 Å². The predicted octanol–water partition coefficient (Wildman–Crippen LogP) is -2.47. The second kappa shape index (κ2) is 6.75. The summed E-state index contributed by atoms with van der Waals surface area (Å²) in [6, 6.07) is -2.00. The van der Waals surface area contributed by atoms with Crippen LogP contribution in [0.1, 0.15) is 12.8 Å². The molecule has 7 N–H and O–H groups in total. The van der Waals surface area contributed by atoms with Gasteiger partial charge >= 0.3 is 11.9 Å². The summed E-state index contributed by atoms with van der Waals surface area (Å²) in [5.41, 5.74) is 15.3. The summed E-state index contributed by atoms with van der Waals surface area (Å²) in [4.78, 5) is 31.8. The summed E-state index contributed by atoms with van der Waals surface area (Å²) < 4.78 is 4.54. The molecule has 0 aromatic heterocycles. The lowest BCUT2D eigenvalue weighted by Gasteiger charge is -2.10. The maximum absolute atomic E-state index is 11.1. The van der Waals surface area contributed by atoms with Crippen molar-refractivity contribution in [3.05, 3.63) is 0 Å². The lowest BCUT2D eigenvalue weighted by molar-refractivity contribution is -0.148. The minimum absolute atomic E-state index is 0.139. The molecular formula is C8H15N3O5. The number of rotatable bonds is 7. The van der Waals surface area contributed by atoms with E-state index in [2.05, 4.69) is 4.74 Å². The minimum Gasteiger partial charge on any atom is -0.480 e. The number of primary amides is 1. The van der Waals surface area contributed by atoms with Crippen LogP contribution in [0.3, 0.4) is 0 Å². The van der Waals surface area contributed by atoms with Crippen molar-refractivity contribution in [3.63, 3.8) is 0 Å². The van der Waals surface area contributed by atoms with Crippen LogP contribution < -0.4 is 17.2 Å². The van der Waals surface area contributed by atoms with Gasteiger partial charge in [0.15, 0.2) is 0 Å². The van der Waals surface area contributed by atoms with E-state index in [-0.39, 0.29) is 12.8 Å². The van der Waals surface area contributed by atoms with Crippen LogP contribution in [0.25, 0.3) is 0 Å². The molecule has 0 fully saturated rings. The van der Waals surface area contributed by atoms with E-state index < -0.39 is 36.5 Å². The number of aliphatic carboxylic acids is 1. The first kappa shape index (κ1) is 14.3. The van der Waals surface area contributed by atoms with Crippen molar-refractivity contribution in [3.8, 4) is 0 Å². The monoisotopic (exact) mass is 233 g/mol. The molecule has 0 aromatic carbocycles. The minimum atomic E-state index is -1.27. The topological polar surface area (TPSA) is 159 Å². The lowest BCUT2D eigenvalue weighted by atomic mass is 10.1.